The van der Waals surface area contributed by atoms with E-state index in [9.17, 15) is 9.90 Å². The van der Waals surface area contributed by atoms with Crippen LogP contribution in [0.3, 0.4) is 0 Å². The number of carbonyl (C=O) groups is 1. The number of rotatable bonds is 4. The second-order valence-electron chi connectivity index (χ2n) is 4.08. The minimum absolute atomic E-state index is 0.300. The summed E-state index contributed by atoms with van der Waals surface area (Å²) in [5.74, 6) is 0.634. The van der Waals surface area contributed by atoms with Gasteiger partial charge in [-0.2, -0.15) is 0 Å². The fraction of sp³-hybridized carbons (Fsp3) is 0.462. The molecule has 1 rings (SSSR count). The third-order valence-electron chi connectivity index (χ3n) is 2.74. The summed E-state index contributed by atoms with van der Waals surface area (Å²) < 4.78 is 0. The fourth-order valence-electron chi connectivity index (χ4n) is 1.87. The molecule has 0 saturated heterocycles. The summed E-state index contributed by atoms with van der Waals surface area (Å²) in [6.45, 7) is 6.01. The maximum atomic E-state index is 10.7. The summed E-state index contributed by atoms with van der Waals surface area (Å²) in [6.07, 6.45) is 2.93. The zero-order valence-electron chi connectivity index (χ0n) is 9.58. The highest BCUT2D eigenvalue weighted by atomic mass is 16.3. The lowest BCUT2D eigenvalue weighted by Crippen LogP contribution is -1.97. The first-order chi connectivity index (χ1) is 7.10. The van der Waals surface area contributed by atoms with Crippen molar-refractivity contribution in [3.63, 3.8) is 0 Å². The van der Waals surface area contributed by atoms with Gasteiger partial charge in [0.05, 0.1) is 0 Å². The Morgan fingerprint density at radius 1 is 1.47 bits per heavy atom. The van der Waals surface area contributed by atoms with E-state index in [1.807, 2.05) is 6.92 Å². The van der Waals surface area contributed by atoms with E-state index in [1.54, 1.807) is 12.1 Å². The zero-order valence-corrected chi connectivity index (χ0v) is 9.58. The average Bonchev–Trinajstić information content (AvgIpc) is 2.22. The minimum atomic E-state index is 0.300. The summed E-state index contributed by atoms with van der Waals surface area (Å²) in [7, 11) is 0. The zero-order chi connectivity index (χ0) is 11.4. The van der Waals surface area contributed by atoms with Crippen LogP contribution in [0, 0.1) is 6.92 Å². The van der Waals surface area contributed by atoms with Crippen LogP contribution < -0.4 is 0 Å². The minimum Gasteiger partial charge on any atom is -0.507 e. The van der Waals surface area contributed by atoms with Gasteiger partial charge >= 0.3 is 0 Å². The second-order valence-corrected chi connectivity index (χ2v) is 4.08. The van der Waals surface area contributed by atoms with Crippen LogP contribution in [0.25, 0.3) is 0 Å². The van der Waals surface area contributed by atoms with E-state index in [1.165, 1.54) is 0 Å². The standard InChI is InChI=1S/C13H18O2/c1-4-5-9(2)12-7-11(8-14)6-10(3)13(12)15/h6-9,15H,4-5H2,1-3H3. The fourth-order valence-corrected chi connectivity index (χ4v) is 1.87. The van der Waals surface area contributed by atoms with Gasteiger partial charge in [-0.15, -0.1) is 0 Å². The first-order valence-corrected chi connectivity index (χ1v) is 5.38. The Hall–Kier alpha value is -1.31. The molecule has 1 unspecified atom stereocenters. The number of phenols is 1. The van der Waals surface area contributed by atoms with Crippen LogP contribution in [-0.4, -0.2) is 11.4 Å². The molecular weight excluding hydrogens is 188 g/mol. The molecule has 1 N–H and O–H groups in total. The van der Waals surface area contributed by atoms with Gasteiger partial charge in [-0.3, -0.25) is 4.79 Å². The predicted molar refractivity (Wildman–Crippen MR) is 61.6 cm³/mol. The molecule has 2 nitrogen and oxygen atoms in total. The summed E-state index contributed by atoms with van der Waals surface area (Å²) in [5.41, 5.74) is 2.31. The highest BCUT2D eigenvalue weighted by molar-refractivity contribution is 5.76. The molecule has 0 radical (unpaired) electrons. The number of aldehydes is 1. The molecule has 1 aromatic rings. The van der Waals surface area contributed by atoms with Crippen molar-refractivity contribution in [1.29, 1.82) is 0 Å². The first kappa shape index (κ1) is 11.8. The molecule has 0 heterocycles. The van der Waals surface area contributed by atoms with Crippen LogP contribution in [-0.2, 0) is 0 Å². The molecule has 0 aliphatic carbocycles. The van der Waals surface area contributed by atoms with Crippen LogP contribution in [0.15, 0.2) is 12.1 Å². The Morgan fingerprint density at radius 2 is 2.13 bits per heavy atom. The number of benzene rings is 1. The van der Waals surface area contributed by atoms with Crippen LogP contribution in [0.5, 0.6) is 5.75 Å². The molecule has 0 amide bonds. The van der Waals surface area contributed by atoms with Crippen molar-refractivity contribution in [2.45, 2.75) is 39.5 Å². The van der Waals surface area contributed by atoms with Crippen molar-refractivity contribution in [2.75, 3.05) is 0 Å². The van der Waals surface area contributed by atoms with Crippen molar-refractivity contribution < 1.29 is 9.90 Å². The van der Waals surface area contributed by atoms with Crippen LogP contribution in [0.2, 0.25) is 0 Å². The summed E-state index contributed by atoms with van der Waals surface area (Å²) in [5, 5.41) is 9.90. The molecule has 15 heavy (non-hydrogen) atoms. The Kier molecular flexibility index (Phi) is 3.89. The SMILES string of the molecule is CCCC(C)c1cc(C=O)cc(C)c1O. The lowest BCUT2D eigenvalue weighted by molar-refractivity contribution is 0.112. The summed E-state index contributed by atoms with van der Waals surface area (Å²) in [6, 6.07) is 3.50. The highest BCUT2D eigenvalue weighted by Gasteiger charge is 2.12. The third kappa shape index (κ3) is 2.58. The van der Waals surface area contributed by atoms with Crippen LogP contribution in [0.1, 0.15) is 54.1 Å². The molecule has 0 bridgehead atoms. The topological polar surface area (TPSA) is 37.3 Å². The van der Waals surface area contributed by atoms with E-state index in [2.05, 4.69) is 13.8 Å². The molecule has 0 fully saturated rings. The number of carbonyl (C=O) groups excluding carboxylic acids is 1. The Labute approximate surface area is 90.9 Å². The molecule has 0 aliphatic heterocycles. The molecular formula is C13H18O2. The molecule has 2 heteroatoms. The van der Waals surface area contributed by atoms with Crippen LogP contribution in [0.4, 0.5) is 0 Å². The van der Waals surface area contributed by atoms with E-state index in [0.29, 0.717) is 17.2 Å². The van der Waals surface area contributed by atoms with Gasteiger partial charge in [-0.25, -0.2) is 0 Å². The van der Waals surface area contributed by atoms with E-state index >= 15 is 0 Å². The van der Waals surface area contributed by atoms with Crippen molar-refractivity contribution in [2.24, 2.45) is 0 Å². The Bertz CT molecular complexity index is 356. The summed E-state index contributed by atoms with van der Waals surface area (Å²) >= 11 is 0. The van der Waals surface area contributed by atoms with Crippen molar-refractivity contribution in [3.05, 3.63) is 28.8 Å². The van der Waals surface area contributed by atoms with Crippen molar-refractivity contribution >= 4 is 6.29 Å². The number of aryl methyl sites for hydroxylation is 1. The van der Waals surface area contributed by atoms with E-state index in [0.717, 1.165) is 30.3 Å². The molecule has 82 valence electrons. The monoisotopic (exact) mass is 206 g/mol. The van der Waals surface area contributed by atoms with Crippen molar-refractivity contribution in [1.82, 2.24) is 0 Å². The van der Waals surface area contributed by atoms with Crippen molar-refractivity contribution in [3.8, 4) is 5.75 Å². The predicted octanol–water partition coefficient (Wildman–Crippen LogP) is 3.42. The maximum absolute atomic E-state index is 10.7. The molecule has 0 saturated carbocycles. The van der Waals surface area contributed by atoms with Gasteiger partial charge in [0, 0.05) is 5.56 Å². The van der Waals surface area contributed by atoms with Gasteiger partial charge in [0.25, 0.3) is 0 Å². The first-order valence-electron chi connectivity index (χ1n) is 5.38. The van der Waals surface area contributed by atoms with E-state index < -0.39 is 0 Å². The van der Waals surface area contributed by atoms with Crippen LogP contribution >= 0.6 is 0 Å². The van der Waals surface area contributed by atoms with Gasteiger partial charge in [-0.1, -0.05) is 20.3 Å². The largest absolute Gasteiger partial charge is 0.507 e. The number of hydrogen-bond donors (Lipinski definition) is 1. The highest BCUT2D eigenvalue weighted by Crippen LogP contribution is 2.32. The maximum Gasteiger partial charge on any atom is 0.150 e. The summed E-state index contributed by atoms with van der Waals surface area (Å²) in [4.78, 5) is 10.7. The molecule has 1 atom stereocenters. The Morgan fingerprint density at radius 3 is 2.67 bits per heavy atom. The van der Waals surface area contributed by atoms with E-state index in [-0.39, 0.29) is 0 Å². The molecule has 0 spiro atoms. The number of aromatic hydroxyl groups is 1. The van der Waals surface area contributed by atoms with Gasteiger partial charge < -0.3 is 5.11 Å². The second kappa shape index (κ2) is 4.96. The molecule has 0 aromatic heterocycles. The van der Waals surface area contributed by atoms with Gasteiger partial charge in [0.15, 0.2) is 0 Å². The average molecular weight is 206 g/mol. The lowest BCUT2D eigenvalue weighted by Gasteiger charge is -2.14. The van der Waals surface area contributed by atoms with Gasteiger partial charge in [0.1, 0.15) is 12.0 Å². The van der Waals surface area contributed by atoms with Gasteiger partial charge in [-0.05, 0) is 42.5 Å². The number of hydrogen-bond acceptors (Lipinski definition) is 2. The van der Waals surface area contributed by atoms with E-state index in [4.69, 9.17) is 0 Å². The number of phenolic OH excluding ortho intramolecular Hbond substituents is 1. The normalized spacial score (nSPS) is 12.5. The quantitative estimate of drug-likeness (QED) is 0.766. The molecule has 0 aliphatic rings. The smallest absolute Gasteiger partial charge is 0.150 e. The van der Waals surface area contributed by atoms with Gasteiger partial charge in [0.2, 0.25) is 0 Å². The molecule has 1 aromatic carbocycles. The third-order valence-corrected chi connectivity index (χ3v) is 2.74. The lowest BCUT2D eigenvalue weighted by atomic mass is 9.92. The Balaban J connectivity index is 3.15.